The summed E-state index contributed by atoms with van der Waals surface area (Å²) in [4.78, 5) is 0. The third kappa shape index (κ3) is 7.69. The fourth-order valence-electron chi connectivity index (χ4n) is 0.343. The van der Waals surface area contributed by atoms with Gasteiger partial charge in [0.15, 0.2) is 6.29 Å². The molecule has 0 bridgehead atoms. The molecule has 4 N–H and O–H groups in total. The van der Waals surface area contributed by atoms with Crippen LogP contribution < -0.4 is 6.15 Å². The molecule has 0 aromatic heterocycles. The van der Waals surface area contributed by atoms with Crippen molar-refractivity contribution in [3.8, 4) is 0 Å². The number of hydrogen-bond acceptors (Lipinski definition) is 6. The lowest BCUT2D eigenvalue weighted by Crippen LogP contribution is -2.16. The van der Waals surface area contributed by atoms with Gasteiger partial charge in [0.1, 0.15) is 0 Å². The first-order valence-corrected chi connectivity index (χ1v) is 4.07. The van der Waals surface area contributed by atoms with Gasteiger partial charge in [-0.15, -0.1) is 0 Å². The van der Waals surface area contributed by atoms with Crippen molar-refractivity contribution in [3.05, 3.63) is 0 Å². The fraction of sp³-hybridized carbons (Fsp3) is 1.00. The molecule has 70 valence electrons. The van der Waals surface area contributed by atoms with Crippen LogP contribution in [0.2, 0.25) is 0 Å². The molecule has 0 aliphatic carbocycles. The van der Waals surface area contributed by atoms with Crippen molar-refractivity contribution >= 4 is 10.4 Å². The van der Waals surface area contributed by atoms with Gasteiger partial charge in [-0.3, -0.25) is 0 Å². The van der Waals surface area contributed by atoms with E-state index in [9.17, 15) is 8.42 Å². The summed E-state index contributed by atoms with van der Waals surface area (Å²) in [6, 6.07) is 0. The highest BCUT2D eigenvalue weighted by Gasteiger charge is 2.13. The average Bonchev–Trinajstić information content (AvgIpc) is 1.59. The Morgan fingerprint density at radius 2 is 2.00 bits per heavy atom. The molecular weight excluding hydrogens is 174 g/mol. The van der Waals surface area contributed by atoms with Crippen LogP contribution in [0, 0.1) is 0 Å². The van der Waals surface area contributed by atoms with Gasteiger partial charge in [-0.25, -0.2) is 8.37 Å². The van der Waals surface area contributed by atoms with Crippen molar-refractivity contribution in [1.29, 1.82) is 0 Å². The topological polar surface area (TPSA) is 108 Å². The van der Waals surface area contributed by atoms with E-state index in [-0.39, 0.29) is 12.8 Å². The summed E-state index contributed by atoms with van der Waals surface area (Å²) in [5.41, 5.74) is 0. The first-order valence-electron chi connectivity index (χ1n) is 2.73. The van der Waals surface area contributed by atoms with Gasteiger partial charge in [0.05, 0.1) is 6.61 Å². The molecule has 0 radical (unpaired) electrons. The summed E-state index contributed by atoms with van der Waals surface area (Å²) in [5.74, 6) is 0. The van der Waals surface area contributed by atoms with Gasteiger partial charge in [-0.1, -0.05) is 0 Å². The zero-order valence-corrected chi connectivity index (χ0v) is 7.30. The normalized spacial score (nSPS) is 13.7. The molecule has 0 saturated heterocycles. The van der Waals surface area contributed by atoms with Gasteiger partial charge in [0.25, 0.3) is 0 Å². The summed E-state index contributed by atoms with van der Waals surface area (Å²) in [5, 5.41) is 8.43. The van der Waals surface area contributed by atoms with Crippen LogP contribution in [0.5, 0.6) is 0 Å². The van der Waals surface area contributed by atoms with Gasteiger partial charge in [-0.05, 0) is 13.8 Å². The zero-order valence-electron chi connectivity index (χ0n) is 6.48. The van der Waals surface area contributed by atoms with Crippen molar-refractivity contribution in [2.24, 2.45) is 0 Å². The van der Waals surface area contributed by atoms with E-state index in [1.165, 1.54) is 13.8 Å². The molecule has 0 fully saturated rings. The predicted octanol–water partition coefficient (Wildman–Crippen LogP) is -0.215. The number of hydrogen-bond donors (Lipinski definition) is 2. The van der Waals surface area contributed by atoms with Crippen molar-refractivity contribution < 1.29 is 21.9 Å². The Hall–Kier alpha value is -0.210. The van der Waals surface area contributed by atoms with Crippen molar-refractivity contribution in [3.63, 3.8) is 0 Å². The number of aliphatic hydroxyl groups is 1. The Morgan fingerprint density at radius 1 is 1.55 bits per heavy atom. The Balaban J connectivity index is 0. The van der Waals surface area contributed by atoms with Gasteiger partial charge in [0.2, 0.25) is 0 Å². The monoisotopic (exact) mass is 187 g/mol. The molecular formula is C4H13NO5S. The van der Waals surface area contributed by atoms with E-state index in [4.69, 9.17) is 5.11 Å². The van der Waals surface area contributed by atoms with Crippen molar-refractivity contribution in [1.82, 2.24) is 6.15 Å². The first kappa shape index (κ1) is 13.4. The molecule has 1 unspecified atom stereocenters. The third-order valence-corrected chi connectivity index (χ3v) is 1.56. The van der Waals surface area contributed by atoms with E-state index in [1.54, 1.807) is 0 Å². The van der Waals surface area contributed by atoms with Crippen LogP contribution in [0.25, 0.3) is 0 Å². The minimum Gasteiger partial charge on any atom is -0.367 e. The highest BCUT2D eigenvalue weighted by molar-refractivity contribution is 7.81. The van der Waals surface area contributed by atoms with Crippen LogP contribution in [0.3, 0.4) is 0 Å². The minimum atomic E-state index is -3.98. The SMILES string of the molecule is CCOS(=O)(=O)OC(C)O.N. The van der Waals surface area contributed by atoms with Gasteiger partial charge >= 0.3 is 10.4 Å². The van der Waals surface area contributed by atoms with Crippen LogP contribution in [0.15, 0.2) is 0 Å². The zero-order chi connectivity index (χ0) is 8.20. The van der Waals surface area contributed by atoms with Crippen LogP contribution in [-0.4, -0.2) is 26.4 Å². The highest BCUT2D eigenvalue weighted by Crippen LogP contribution is 1.98. The standard InChI is InChI=1S/C4H10O5S.H3N/c1-3-8-10(6,7)9-4(2)5;/h4-5H,3H2,1-2H3;1H3. The first-order chi connectivity index (χ1) is 4.48. The van der Waals surface area contributed by atoms with Gasteiger partial charge < -0.3 is 11.3 Å². The lowest BCUT2D eigenvalue weighted by Gasteiger charge is -2.04. The lowest BCUT2D eigenvalue weighted by atomic mass is 10.8. The largest absolute Gasteiger partial charge is 0.402 e. The maximum atomic E-state index is 10.4. The minimum absolute atomic E-state index is 0. The third-order valence-electron chi connectivity index (χ3n) is 0.519. The molecule has 0 rings (SSSR count). The molecule has 0 aliphatic rings. The molecule has 0 amide bonds. The smallest absolute Gasteiger partial charge is 0.367 e. The summed E-state index contributed by atoms with van der Waals surface area (Å²) < 4.78 is 29.0. The summed E-state index contributed by atoms with van der Waals surface area (Å²) >= 11 is 0. The molecule has 0 aromatic carbocycles. The molecule has 0 heterocycles. The second-order valence-electron chi connectivity index (χ2n) is 1.51. The second kappa shape index (κ2) is 5.44. The van der Waals surface area contributed by atoms with Crippen molar-refractivity contribution in [2.45, 2.75) is 20.1 Å². The van der Waals surface area contributed by atoms with Crippen LogP contribution in [0.4, 0.5) is 0 Å². The number of rotatable bonds is 4. The molecule has 0 aliphatic heterocycles. The van der Waals surface area contributed by atoms with E-state index in [0.29, 0.717) is 0 Å². The Labute approximate surface area is 66.0 Å². The molecule has 6 nitrogen and oxygen atoms in total. The average molecular weight is 187 g/mol. The maximum Gasteiger partial charge on any atom is 0.402 e. The predicted molar refractivity (Wildman–Crippen MR) is 38.3 cm³/mol. The van der Waals surface area contributed by atoms with Crippen LogP contribution >= 0.6 is 0 Å². The summed E-state index contributed by atoms with van der Waals surface area (Å²) in [7, 11) is -3.98. The second-order valence-corrected chi connectivity index (χ2v) is 2.75. The molecule has 0 spiro atoms. The molecule has 11 heavy (non-hydrogen) atoms. The summed E-state index contributed by atoms with van der Waals surface area (Å²) in [6.45, 7) is 2.68. The fourth-order valence-corrected chi connectivity index (χ4v) is 1.03. The maximum absolute atomic E-state index is 10.4. The molecule has 1 atom stereocenters. The van der Waals surface area contributed by atoms with Crippen LogP contribution in [-0.2, 0) is 18.8 Å². The molecule has 0 saturated carbocycles. The molecule has 7 heteroatoms. The van der Waals surface area contributed by atoms with Crippen molar-refractivity contribution in [2.75, 3.05) is 6.61 Å². The summed E-state index contributed by atoms with van der Waals surface area (Å²) in [6.07, 6.45) is -1.36. The van der Waals surface area contributed by atoms with E-state index >= 15 is 0 Å². The Bertz CT molecular complexity index is 175. The Kier molecular flexibility index (Phi) is 6.62. The lowest BCUT2D eigenvalue weighted by molar-refractivity contribution is -0.00703. The quantitative estimate of drug-likeness (QED) is 0.589. The van der Waals surface area contributed by atoms with Gasteiger partial charge in [0, 0.05) is 0 Å². The van der Waals surface area contributed by atoms with Gasteiger partial charge in [-0.2, -0.15) is 8.42 Å². The van der Waals surface area contributed by atoms with E-state index in [2.05, 4.69) is 8.37 Å². The van der Waals surface area contributed by atoms with E-state index in [1.807, 2.05) is 0 Å². The Morgan fingerprint density at radius 3 is 2.27 bits per heavy atom. The van der Waals surface area contributed by atoms with Crippen LogP contribution in [0.1, 0.15) is 13.8 Å². The van der Waals surface area contributed by atoms with E-state index in [0.717, 1.165) is 0 Å². The number of aliphatic hydroxyl groups excluding tert-OH is 1. The highest BCUT2D eigenvalue weighted by atomic mass is 32.3. The van der Waals surface area contributed by atoms with E-state index < -0.39 is 16.7 Å². The molecule has 0 aromatic rings.